The number of nitrogens with one attached hydrogen (secondary N) is 1. The van der Waals surface area contributed by atoms with Gasteiger partial charge in [0.15, 0.2) is 0 Å². The van der Waals surface area contributed by atoms with Gasteiger partial charge in [-0.25, -0.2) is 0 Å². The second-order valence-electron chi connectivity index (χ2n) is 4.93. The van der Waals surface area contributed by atoms with E-state index in [1.807, 2.05) is 40.9 Å². The third-order valence-corrected chi connectivity index (χ3v) is 4.58. The molecule has 1 amide bonds. The third kappa shape index (κ3) is 2.30. The number of para-hydroxylation sites is 1. The van der Waals surface area contributed by atoms with Crippen LogP contribution in [0.2, 0.25) is 0 Å². The molecule has 0 radical (unpaired) electrons. The fourth-order valence-electron chi connectivity index (χ4n) is 2.47. The van der Waals surface area contributed by atoms with E-state index in [-0.39, 0.29) is 5.91 Å². The first-order valence-electron chi connectivity index (χ1n) is 6.43. The Kier molecular flexibility index (Phi) is 3.14. The van der Waals surface area contributed by atoms with Crippen LogP contribution in [0.1, 0.15) is 17.4 Å². The number of benzene rings is 1. The molecular weight excluding hydrogens is 258 g/mol. The van der Waals surface area contributed by atoms with Gasteiger partial charge in [0.1, 0.15) is 5.69 Å². The molecule has 0 saturated carbocycles. The van der Waals surface area contributed by atoms with Crippen LogP contribution in [0.5, 0.6) is 0 Å². The number of hydrogen-bond acceptors (Lipinski definition) is 3. The van der Waals surface area contributed by atoms with Crippen molar-refractivity contribution in [1.29, 1.82) is 0 Å². The van der Waals surface area contributed by atoms with Crippen molar-refractivity contribution in [2.24, 2.45) is 0 Å². The summed E-state index contributed by atoms with van der Waals surface area (Å²) in [6, 6.07) is 7.60. The van der Waals surface area contributed by atoms with Gasteiger partial charge in [-0.05, 0) is 12.1 Å². The van der Waals surface area contributed by atoms with Gasteiger partial charge in [0.2, 0.25) is 0 Å². The molecule has 1 aliphatic rings. The minimum atomic E-state index is 0.0720. The zero-order valence-corrected chi connectivity index (χ0v) is 11.7. The van der Waals surface area contributed by atoms with E-state index in [0.717, 1.165) is 29.7 Å². The van der Waals surface area contributed by atoms with Gasteiger partial charge in [-0.2, -0.15) is 11.8 Å². The number of nitrogens with zero attached hydrogens (tertiary/aromatic N) is 1. The van der Waals surface area contributed by atoms with Gasteiger partial charge in [0.25, 0.3) is 5.91 Å². The lowest BCUT2D eigenvalue weighted by molar-refractivity contribution is 0.0758. The lowest BCUT2D eigenvalue weighted by atomic mass is 10.2. The van der Waals surface area contributed by atoms with Crippen LogP contribution < -0.4 is 5.73 Å². The highest BCUT2D eigenvalue weighted by Crippen LogP contribution is 2.24. The quantitative estimate of drug-likeness (QED) is 0.785. The van der Waals surface area contributed by atoms with Crippen molar-refractivity contribution in [1.82, 2.24) is 9.88 Å². The topological polar surface area (TPSA) is 62.1 Å². The number of nitrogens with two attached hydrogens (primary N) is 1. The minimum Gasteiger partial charge on any atom is -0.397 e. The fraction of sp³-hybridized carbons (Fsp3) is 0.357. The first-order valence-corrected chi connectivity index (χ1v) is 7.48. The summed E-state index contributed by atoms with van der Waals surface area (Å²) < 4.78 is 0. The molecule has 100 valence electrons. The van der Waals surface area contributed by atoms with Crippen LogP contribution >= 0.6 is 11.8 Å². The SMILES string of the molecule is CC1CN(C(=O)c2cc3cccc(N)c3[nH]2)CCS1. The van der Waals surface area contributed by atoms with Crippen molar-refractivity contribution in [2.45, 2.75) is 12.2 Å². The van der Waals surface area contributed by atoms with Crippen molar-refractivity contribution in [3.63, 3.8) is 0 Å². The smallest absolute Gasteiger partial charge is 0.270 e. The summed E-state index contributed by atoms with van der Waals surface area (Å²) in [5, 5.41) is 1.50. The molecule has 1 saturated heterocycles. The largest absolute Gasteiger partial charge is 0.397 e. The molecule has 1 fully saturated rings. The van der Waals surface area contributed by atoms with Crippen molar-refractivity contribution >= 4 is 34.3 Å². The maximum Gasteiger partial charge on any atom is 0.270 e. The molecule has 19 heavy (non-hydrogen) atoms. The lowest BCUT2D eigenvalue weighted by Gasteiger charge is -2.30. The molecule has 5 heteroatoms. The number of anilines is 1. The number of carbonyl (C=O) groups excluding carboxylic acids is 1. The van der Waals surface area contributed by atoms with Crippen molar-refractivity contribution < 1.29 is 4.79 Å². The summed E-state index contributed by atoms with van der Waals surface area (Å²) in [7, 11) is 0. The zero-order valence-electron chi connectivity index (χ0n) is 10.8. The molecule has 3 N–H and O–H groups in total. The van der Waals surface area contributed by atoms with Gasteiger partial charge in [0.05, 0.1) is 11.2 Å². The van der Waals surface area contributed by atoms with Crippen LogP contribution in [0.4, 0.5) is 5.69 Å². The first kappa shape index (κ1) is 12.4. The van der Waals surface area contributed by atoms with E-state index in [2.05, 4.69) is 11.9 Å². The van der Waals surface area contributed by atoms with Gasteiger partial charge in [-0.3, -0.25) is 4.79 Å². The highest BCUT2D eigenvalue weighted by molar-refractivity contribution is 7.99. The first-order chi connectivity index (χ1) is 9.15. The van der Waals surface area contributed by atoms with E-state index in [0.29, 0.717) is 16.6 Å². The van der Waals surface area contributed by atoms with E-state index < -0.39 is 0 Å². The minimum absolute atomic E-state index is 0.0720. The van der Waals surface area contributed by atoms with Gasteiger partial charge >= 0.3 is 0 Å². The summed E-state index contributed by atoms with van der Waals surface area (Å²) >= 11 is 1.92. The summed E-state index contributed by atoms with van der Waals surface area (Å²) in [6.07, 6.45) is 0. The monoisotopic (exact) mass is 275 g/mol. The molecule has 0 spiro atoms. The Bertz CT molecular complexity index is 622. The number of aromatic nitrogens is 1. The highest BCUT2D eigenvalue weighted by Gasteiger charge is 2.23. The molecule has 4 nitrogen and oxygen atoms in total. The summed E-state index contributed by atoms with van der Waals surface area (Å²) in [5.74, 6) is 1.08. The molecular formula is C14H17N3OS. The van der Waals surface area contributed by atoms with Crippen LogP contribution in [0.15, 0.2) is 24.3 Å². The maximum absolute atomic E-state index is 12.5. The highest BCUT2D eigenvalue weighted by atomic mass is 32.2. The van der Waals surface area contributed by atoms with Crippen LogP contribution in [-0.4, -0.2) is 39.9 Å². The van der Waals surface area contributed by atoms with Gasteiger partial charge < -0.3 is 15.6 Å². The standard InChI is InChI=1S/C14H17N3OS/c1-9-8-17(5-6-19-9)14(18)12-7-10-3-2-4-11(15)13(10)16-12/h2-4,7,9,16H,5-6,8,15H2,1H3. The van der Waals surface area contributed by atoms with Gasteiger partial charge in [-0.15, -0.1) is 0 Å². The van der Waals surface area contributed by atoms with E-state index in [1.54, 1.807) is 0 Å². The number of hydrogen-bond donors (Lipinski definition) is 2. The van der Waals surface area contributed by atoms with Gasteiger partial charge in [0, 0.05) is 29.5 Å². The van der Waals surface area contributed by atoms with E-state index in [4.69, 9.17) is 5.73 Å². The lowest BCUT2D eigenvalue weighted by Crippen LogP contribution is -2.41. The molecule has 1 aliphatic heterocycles. The molecule has 3 rings (SSSR count). The number of amides is 1. The fourth-order valence-corrected chi connectivity index (χ4v) is 3.48. The number of carbonyl (C=O) groups is 1. The van der Waals surface area contributed by atoms with E-state index in [1.165, 1.54) is 0 Å². The van der Waals surface area contributed by atoms with Crippen molar-refractivity contribution in [3.05, 3.63) is 30.0 Å². The van der Waals surface area contributed by atoms with E-state index in [9.17, 15) is 4.79 Å². The number of fused-ring (bicyclic) bond motifs is 1. The predicted molar refractivity (Wildman–Crippen MR) is 80.5 cm³/mol. The second kappa shape index (κ2) is 4.81. The Morgan fingerprint density at radius 3 is 3.11 bits per heavy atom. The Morgan fingerprint density at radius 2 is 2.37 bits per heavy atom. The molecule has 1 aromatic carbocycles. The Morgan fingerprint density at radius 1 is 1.53 bits per heavy atom. The molecule has 2 aromatic rings. The average molecular weight is 275 g/mol. The number of thioether (sulfide) groups is 1. The molecule has 1 unspecified atom stereocenters. The van der Waals surface area contributed by atoms with Crippen molar-refractivity contribution in [2.75, 3.05) is 24.6 Å². The number of aromatic amines is 1. The zero-order chi connectivity index (χ0) is 13.4. The summed E-state index contributed by atoms with van der Waals surface area (Å²) in [5.41, 5.74) is 8.07. The molecule has 0 aliphatic carbocycles. The Balaban J connectivity index is 1.91. The summed E-state index contributed by atoms with van der Waals surface area (Å²) in [6.45, 7) is 3.79. The summed E-state index contributed by atoms with van der Waals surface area (Å²) in [4.78, 5) is 17.5. The maximum atomic E-state index is 12.5. The second-order valence-corrected chi connectivity index (χ2v) is 6.47. The van der Waals surface area contributed by atoms with Gasteiger partial charge in [-0.1, -0.05) is 19.1 Å². The molecule has 1 aromatic heterocycles. The average Bonchev–Trinajstić information content (AvgIpc) is 2.83. The Labute approximate surface area is 116 Å². The Hall–Kier alpha value is -1.62. The van der Waals surface area contributed by atoms with E-state index >= 15 is 0 Å². The van der Waals surface area contributed by atoms with Crippen LogP contribution in [0.25, 0.3) is 10.9 Å². The number of H-pyrrole nitrogens is 1. The molecule has 1 atom stereocenters. The molecule has 0 bridgehead atoms. The van der Waals surface area contributed by atoms with Crippen LogP contribution in [-0.2, 0) is 0 Å². The normalized spacial score (nSPS) is 19.8. The molecule has 2 heterocycles. The van der Waals surface area contributed by atoms with Crippen LogP contribution in [0, 0.1) is 0 Å². The van der Waals surface area contributed by atoms with Crippen LogP contribution in [0.3, 0.4) is 0 Å². The number of nitrogen functional groups attached to an aromatic ring is 1. The third-order valence-electron chi connectivity index (χ3n) is 3.45. The number of rotatable bonds is 1. The van der Waals surface area contributed by atoms with Crippen molar-refractivity contribution in [3.8, 4) is 0 Å². The predicted octanol–water partition coefficient (Wildman–Crippen LogP) is 2.33.